The van der Waals surface area contributed by atoms with E-state index in [2.05, 4.69) is 0 Å². The Kier molecular flexibility index (Phi) is 4.26. The zero-order chi connectivity index (χ0) is 9.52. The van der Waals surface area contributed by atoms with E-state index in [9.17, 15) is 4.79 Å². The van der Waals surface area contributed by atoms with E-state index >= 15 is 0 Å². The van der Waals surface area contributed by atoms with Gasteiger partial charge in [-0.15, -0.1) is 0 Å². The van der Waals surface area contributed by atoms with Crippen molar-refractivity contribution >= 4 is 5.78 Å². The second-order valence-electron chi connectivity index (χ2n) is 2.89. The van der Waals surface area contributed by atoms with Crippen LogP contribution in [0.1, 0.15) is 18.6 Å². The number of hydrogen-bond donors (Lipinski definition) is 0. The summed E-state index contributed by atoms with van der Waals surface area (Å²) in [6.07, 6.45) is 3.33. The van der Waals surface area contributed by atoms with Crippen molar-refractivity contribution in [2.24, 2.45) is 0 Å². The molecule has 1 heterocycles. The molecule has 0 radical (unpaired) electrons. The minimum atomic E-state index is 0.201. The lowest BCUT2D eigenvalue weighted by Gasteiger charge is -1.97. The van der Waals surface area contributed by atoms with Crippen LogP contribution in [0.5, 0.6) is 0 Å². The van der Waals surface area contributed by atoms with Crippen LogP contribution in [0.2, 0.25) is 0 Å². The molecule has 72 valence electrons. The van der Waals surface area contributed by atoms with Gasteiger partial charge in [0.05, 0.1) is 12.7 Å². The molecule has 0 aliphatic carbocycles. The van der Waals surface area contributed by atoms with Crippen LogP contribution in [0, 0.1) is 0 Å². The fraction of sp³-hybridized carbons (Fsp3) is 0.500. The number of ketones is 1. The third-order valence-electron chi connectivity index (χ3n) is 1.76. The second-order valence-corrected chi connectivity index (χ2v) is 2.89. The van der Waals surface area contributed by atoms with Gasteiger partial charge in [0.1, 0.15) is 11.5 Å². The van der Waals surface area contributed by atoms with Gasteiger partial charge >= 0.3 is 0 Å². The Balaban J connectivity index is 2.18. The van der Waals surface area contributed by atoms with Gasteiger partial charge in [-0.25, -0.2) is 0 Å². The van der Waals surface area contributed by atoms with Gasteiger partial charge in [-0.3, -0.25) is 4.79 Å². The molecule has 0 atom stereocenters. The van der Waals surface area contributed by atoms with Crippen LogP contribution < -0.4 is 0 Å². The average molecular weight is 182 g/mol. The Bertz CT molecular complexity index is 239. The van der Waals surface area contributed by atoms with Crippen LogP contribution in [-0.2, 0) is 16.0 Å². The molecule has 1 rings (SSSR count). The summed E-state index contributed by atoms with van der Waals surface area (Å²) in [5.41, 5.74) is 0. The number of methoxy groups -OCH3 is 1. The molecule has 0 aromatic carbocycles. The van der Waals surface area contributed by atoms with E-state index in [1.807, 2.05) is 6.07 Å². The summed E-state index contributed by atoms with van der Waals surface area (Å²) >= 11 is 0. The molecule has 3 nitrogen and oxygen atoms in total. The van der Waals surface area contributed by atoms with Crippen molar-refractivity contribution in [2.75, 3.05) is 13.7 Å². The summed E-state index contributed by atoms with van der Waals surface area (Å²) in [5, 5.41) is 0. The van der Waals surface area contributed by atoms with E-state index in [0.29, 0.717) is 19.4 Å². The van der Waals surface area contributed by atoms with Crippen molar-refractivity contribution in [3.8, 4) is 0 Å². The molecule has 3 heteroatoms. The second kappa shape index (κ2) is 5.54. The van der Waals surface area contributed by atoms with E-state index in [0.717, 1.165) is 12.2 Å². The topological polar surface area (TPSA) is 39.4 Å². The van der Waals surface area contributed by atoms with E-state index < -0.39 is 0 Å². The van der Waals surface area contributed by atoms with Crippen LogP contribution in [0.3, 0.4) is 0 Å². The number of rotatable bonds is 6. The highest BCUT2D eigenvalue weighted by atomic mass is 16.5. The molecule has 0 amide bonds. The normalized spacial score (nSPS) is 10.2. The first kappa shape index (κ1) is 9.99. The number of carbonyl (C=O) groups excluding carboxylic acids is 1. The predicted octanol–water partition coefficient (Wildman–Crippen LogP) is 1.82. The molecule has 0 aliphatic rings. The van der Waals surface area contributed by atoms with Crippen molar-refractivity contribution in [1.82, 2.24) is 0 Å². The van der Waals surface area contributed by atoms with Gasteiger partial charge < -0.3 is 9.15 Å². The van der Waals surface area contributed by atoms with Crippen molar-refractivity contribution in [1.29, 1.82) is 0 Å². The minimum absolute atomic E-state index is 0.201. The quantitative estimate of drug-likeness (QED) is 0.630. The van der Waals surface area contributed by atoms with Crippen molar-refractivity contribution in [2.45, 2.75) is 19.3 Å². The molecule has 0 saturated heterocycles. The van der Waals surface area contributed by atoms with E-state index in [1.165, 1.54) is 0 Å². The third-order valence-corrected chi connectivity index (χ3v) is 1.76. The van der Waals surface area contributed by atoms with E-state index in [1.54, 1.807) is 19.4 Å². The first-order valence-corrected chi connectivity index (χ1v) is 4.36. The van der Waals surface area contributed by atoms with Crippen LogP contribution in [0.25, 0.3) is 0 Å². The maximum Gasteiger partial charge on any atom is 0.140 e. The first-order chi connectivity index (χ1) is 6.33. The standard InChI is InChI=1S/C10H14O3/c1-12-6-2-4-9(11)8-10-5-3-7-13-10/h3,5,7H,2,4,6,8H2,1H3. The van der Waals surface area contributed by atoms with E-state index in [-0.39, 0.29) is 5.78 Å². The summed E-state index contributed by atoms with van der Waals surface area (Å²) in [4.78, 5) is 11.3. The highest BCUT2D eigenvalue weighted by Crippen LogP contribution is 2.04. The molecule has 1 aromatic heterocycles. The Hall–Kier alpha value is -1.09. The Morgan fingerprint density at radius 1 is 1.62 bits per heavy atom. The Labute approximate surface area is 77.7 Å². The fourth-order valence-electron chi connectivity index (χ4n) is 1.11. The van der Waals surface area contributed by atoms with Gasteiger partial charge in [0.15, 0.2) is 0 Å². The molecule has 0 aliphatic heterocycles. The largest absolute Gasteiger partial charge is 0.469 e. The molecule has 1 aromatic rings. The van der Waals surface area contributed by atoms with Gasteiger partial charge in [-0.1, -0.05) is 0 Å². The number of carbonyl (C=O) groups is 1. The van der Waals surface area contributed by atoms with Crippen LogP contribution in [-0.4, -0.2) is 19.5 Å². The number of Topliss-reactive ketones (excluding diaryl/α,β-unsaturated/α-hetero) is 1. The number of ether oxygens (including phenoxy) is 1. The summed E-state index contributed by atoms with van der Waals surface area (Å²) in [7, 11) is 1.64. The van der Waals surface area contributed by atoms with Crippen LogP contribution in [0.4, 0.5) is 0 Å². The summed E-state index contributed by atoms with van der Waals surface area (Å²) in [6, 6.07) is 3.60. The molecule has 0 saturated carbocycles. The number of furan rings is 1. The maximum absolute atomic E-state index is 11.3. The lowest BCUT2D eigenvalue weighted by atomic mass is 10.1. The zero-order valence-corrected chi connectivity index (χ0v) is 7.79. The highest BCUT2D eigenvalue weighted by Gasteiger charge is 2.04. The van der Waals surface area contributed by atoms with Gasteiger partial charge in [0.25, 0.3) is 0 Å². The van der Waals surface area contributed by atoms with Crippen LogP contribution >= 0.6 is 0 Å². The Morgan fingerprint density at radius 3 is 3.08 bits per heavy atom. The predicted molar refractivity (Wildman–Crippen MR) is 48.5 cm³/mol. The SMILES string of the molecule is COCCCC(=O)Cc1ccco1. The summed E-state index contributed by atoms with van der Waals surface area (Å²) in [6.45, 7) is 0.643. The first-order valence-electron chi connectivity index (χ1n) is 4.36. The van der Waals surface area contributed by atoms with Crippen molar-refractivity contribution in [3.05, 3.63) is 24.2 Å². The molecular formula is C10H14O3. The molecule has 0 unspecified atom stereocenters. The summed E-state index contributed by atoms with van der Waals surface area (Å²) in [5.74, 6) is 0.939. The van der Waals surface area contributed by atoms with Gasteiger partial charge in [-0.05, 0) is 18.6 Å². The molecular weight excluding hydrogens is 168 g/mol. The smallest absolute Gasteiger partial charge is 0.140 e. The average Bonchev–Trinajstić information content (AvgIpc) is 2.57. The lowest BCUT2D eigenvalue weighted by molar-refractivity contribution is -0.118. The van der Waals surface area contributed by atoms with Crippen molar-refractivity contribution < 1.29 is 13.9 Å². The zero-order valence-electron chi connectivity index (χ0n) is 7.79. The highest BCUT2D eigenvalue weighted by molar-refractivity contribution is 5.80. The molecule has 0 N–H and O–H groups in total. The molecule has 0 bridgehead atoms. The molecule has 0 spiro atoms. The van der Waals surface area contributed by atoms with Crippen molar-refractivity contribution in [3.63, 3.8) is 0 Å². The number of hydrogen-bond acceptors (Lipinski definition) is 3. The monoisotopic (exact) mass is 182 g/mol. The minimum Gasteiger partial charge on any atom is -0.469 e. The third kappa shape index (κ3) is 3.90. The van der Waals surface area contributed by atoms with E-state index in [4.69, 9.17) is 9.15 Å². The van der Waals surface area contributed by atoms with Gasteiger partial charge in [0.2, 0.25) is 0 Å². The maximum atomic E-state index is 11.3. The van der Waals surface area contributed by atoms with Gasteiger partial charge in [0, 0.05) is 20.1 Å². The fourth-order valence-corrected chi connectivity index (χ4v) is 1.11. The summed E-state index contributed by atoms with van der Waals surface area (Å²) < 4.78 is 9.91. The van der Waals surface area contributed by atoms with Gasteiger partial charge in [-0.2, -0.15) is 0 Å². The Morgan fingerprint density at radius 2 is 2.46 bits per heavy atom. The van der Waals surface area contributed by atoms with Crippen LogP contribution in [0.15, 0.2) is 22.8 Å². The molecule has 0 fully saturated rings. The molecule has 13 heavy (non-hydrogen) atoms. The lowest BCUT2D eigenvalue weighted by Crippen LogP contribution is -2.03.